The van der Waals surface area contributed by atoms with Gasteiger partial charge in [-0.25, -0.2) is 4.79 Å². The molecule has 3 aliphatic heterocycles. The topological polar surface area (TPSA) is 196 Å². The zero-order chi connectivity index (χ0) is 47.7. The highest BCUT2D eigenvalue weighted by Crippen LogP contribution is 2.33. The molecule has 18 heteroatoms. The summed E-state index contributed by atoms with van der Waals surface area (Å²) in [5.74, 6) is -0.328. The van der Waals surface area contributed by atoms with Crippen LogP contribution in [-0.4, -0.2) is 152 Å². The molecular weight excluding hydrogens is 875 g/mol. The summed E-state index contributed by atoms with van der Waals surface area (Å²) in [7, 11) is 5.12. The molecule has 18 nitrogen and oxygen atoms in total. The van der Waals surface area contributed by atoms with E-state index in [4.69, 9.17) is 23.7 Å². The number of piperidine rings is 1. The van der Waals surface area contributed by atoms with E-state index in [0.29, 0.717) is 115 Å². The Hall–Kier alpha value is -6.60. The van der Waals surface area contributed by atoms with Gasteiger partial charge in [0.05, 0.1) is 63.9 Å². The molecule has 5 aromatic rings. The number of amides is 5. The molecule has 8 rings (SSSR count). The predicted octanol–water partition coefficient (Wildman–Crippen LogP) is 3.39. The minimum atomic E-state index is -0.733. The van der Waals surface area contributed by atoms with E-state index in [1.54, 1.807) is 30.6 Å². The lowest BCUT2D eigenvalue weighted by atomic mass is 9.92. The Morgan fingerprint density at radius 3 is 2.29 bits per heavy atom. The van der Waals surface area contributed by atoms with Crippen molar-refractivity contribution in [1.29, 1.82) is 0 Å². The number of benzene rings is 3. The summed E-state index contributed by atoms with van der Waals surface area (Å²) in [6.07, 6.45) is 4.96. The number of rotatable bonds is 21. The molecule has 0 spiro atoms. The van der Waals surface area contributed by atoms with Crippen LogP contribution in [0.3, 0.4) is 0 Å². The van der Waals surface area contributed by atoms with Crippen LogP contribution in [0, 0.1) is 0 Å². The molecule has 2 unspecified atom stereocenters. The number of nitrogens with zero attached hydrogens (tertiary/aromatic N) is 5. The molecule has 0 radical (unpaired) electrons. The highest BCUT2D eigenvalue weighted by Gasteiger charge is 2.36. The number of nitrogens with one attached hydrogen (secondary N) is 2. The molecule has 3 aromatic carbocycles. The molecule has 2 N–H and O–H groups in total. The maximum absolute atomic E-state index is 14.2. The van der Waals surface area contributed by atoms with Crippen molar-refractivity contribution in [2.45, 2.75) is 50.7 Å². The maximum Gasteiger partial charge on any atom is 0.329 e. The molecule has 1 saturated heterocycles. The van der Waals surface area contributed by atoms with E-state index in [0.717, 1.165) is 50.7 Å². The number of imide groups is 1. The van der Waals surface area contributed by atoms with Crippen LogP contribution in [0.5, 0.6) is 5.75 Å². The van der Waals surface area contributed by atoms with Crippen molar-refractivity contribution in [2.75, 3.05) is 86.6 Å². The summed E-state index contributed by atoms with van der Waals surface area (Å²) in [5, 5.41) is 3.27. The number of aromatic nitrogens is 3. The molecule has 0 bridgehead atoms. The lowest BCUT2D eigenvalue weighted by Gasteiger charge is -2.38. The van der Waals surface area contributed by atoms with E-state index in [2.05, 4.69) is 16.4 Å². The number of para-hydroxylation sites is 1. The van der Waals surface area contributed by atoms with Crippen LogP contribution in [0.15, 0.2) is 71.5 Å². The summed E-state index contributed by atoms with van der Waals surface area (Å²) in [6, 6.07) is 17.8. The second-order valence-electron chi connectivity index (χ2n) is 17.4. The number of fused-ring (bicyclic) bond motifs is 3. The van der Waals surface area contributed by atoms with Crippen molar-refractivity contribution in [3.05, 3.63) is 105 Å². The number of carbonyl (C=O) groups excluding carboxylic acids is 5. The number of H-pyrrole nitrogens is 1. The van der Waals surface area contributed by atoms with Gasteiger partial charge < -0.3 is 43.4 Å². The normalized spacial score (nSPS) is 17.3. The molecule has 2 aromatic heterocycles. The summed E-state index contributed by atoms with van der Waals surface area (Å²) >= 11 is 0. The molecule has 0 aliphatic carbocycles. The third-order valence-electron chi connectivity index (χ3n) is 12.7. The quantitative estimate of drug-likeness (QED) is 0.0622. The highest BCUT2D eigenvalue weighted by molar-refractivity contribution is 6.00. The Morgan fingerprint density at radius 1 is 0.853 bits per heavy atom. The van der Waals surface area contributed by atoms with Crippen LogP contribution in [0.2, 0.25) is 0 Å². The third-order valence-corrected chi connectivity index (χ3v) is 12.7. The van der Waals surface area contributed by atoms with Gasteiger partial charge in [-0.05, 0) is 65.8 Å². The SMILES string of the molecule is CN(C)C(=O)c1cc2ccc(C3=CCCN(C(=O)C4Cc5c(cccc5OCCOCCOCCOCCOCCc5cccc6c5n(C)c(=O)n6C5CCC(=O)NC5=O)CN4C=O)C3)cc2[nH]1. The van der Waals surface area contributed by atoms with E-state index < -0.39 is 18.0 Å². The molecule has 0 saturated carbocycles. The van der Waals surface area contributed by atoms with E-state index in [1.165, 1.54) is 9.47 Å². The van der Waals surface area contributed by atoms with Gasteiger partial charge in [-0.1, -0.05) is 42.5 Å². The van der Waals surface area contributed by atoms with Crippen LogP contribution >= 0.6 is 0 Å². The first-order chi connectivity index (χ1) is 33.0. The van der Waals surface area contributed by atoms with Crippen molar-refractivity contribution in [2.24, 2.45) is 7.05 Å². The van der Waals surface area contributed by atoms with E-state index in [1.807, 2.05) is 65.6 Å². The van der Waals surface area contributed by atoms with Gasteiger partial charge in [0.1, 0.15) is 30.1 Å². The monoisotopic (exact) mass is 933 g/mol. The first-order valence-corrected chi connectivity index (χ1v) is 23.1. The van der Waals surface area contributed by atoms with Gasteiger partial charge in [0.2, 0.25) is 24.1 Å². The van der Waals surface area contributed by atoms with E-state index in [9.17, 15) is 28.8 Å². The number of carbonyl (C=O) groups is 5. The fourth-order valence-corrected chi connectivity index (χ4v) is 9.22. The highest BCUT2D eigenvalue weighted by atomic mass is 16.6. The fraction of sp³-hybridized carbons (Fsp3) is 0.440. The van der Waals surface area contributed by atoms with E-state index in [-0.39, 0.29) is 36.3 Å². The summed E-state index contributed by atoms with van der Waals surface area (Å²) < 4.78 is 32.1. The van der Waals surface area contributed by atoms with Gasteiger partial charge in [0, 0.05) is 70.1 Å². The maximum atomic E-state index is 14.2. The van der Waals surface area contributed by atoms with Gasteiger partial charge in [0.25, 0.3) is 5.91 Å². The molecule has 5 amide bonds. The second-order valence-corrected chi connectivity index (χ2v) is 17.4. The molecule has 68 heavy (non-hydrogen) atoms. The summed E-state index contributed by atoms with van der Waals surface area (Å²) in [6.45, 7) is 4.66. The minimum absolute atomic E-state index is 0.102. The van der Waals surface area contributed by atoms with Gasteiger partial charge in [-0.3, -0.25) is 38.4 Å². The van der Waals surface area contributed by atoms with Gasteiger partial charge in [0.15, 0.2) is 0 Å². The Kier molecular flexibility index (Phi) is 15.5. The average molecular weight is 934 g/mol. The lowest BCUT2D eigenvalue weighted by Crippen LogP contribution is -2.52. The lowest BCUT2D eigenvalue weighted by molar-refractivity contribution is -0.141. The van der Waals surface area contributed by atoms with Gasteiger partial charge >= 0.3 is 5.69 Å². The number of hydrogen-bond acceptors (Lipinski definition) is 11. The molecule has 3 aliphatic rings. The number of ether oxygens (including phenoxy) is 5. The first-order valence-electron chi connectivity index (χ1n) is 23.1. The molecular formula is C50H59N7O11. The largest absolute Gasteiger partial charge is 0.491 e. The molecule has 1 fully saturated rings. The molecule has 360 valence electrons. The zero-order valence-electron chi connectivity index (χ0n) is 38.8. The van der Waals surface area contributed by atoms with Crippen LogP contribution in [0.25, 0.3) is 27.5 Å². The van der Waals surface area contributed by atoms with Crippen molar-refractivity contribution in [1.82, 2.24) is 34.1 Å². The zero-order valence-corrected chi connectivity index (χ0v) is 38.8. The smallest absolute Gasteiger partial charge is 0.329 e. The predicted molar refractivity (Wildman–Crippen MR) is 252 cm³/mol. The average Bonchev–Trinajstić information content (AvgIpc) is 3.89. The van der Waals surface area contributed by atoms with Crippen molar-refractivity contribution >= 4 is 57.5 Å². The molecule has 2 atom stereocenters. The number of hydrogen-bond donors (Lipinski definition) is 2. The van der Waals surface area contributed by atoms with E-state index >= 15 is 0 Å². The standard InChI is InChI=1S/C50H59N7O11/c1-53(2)48(61)40-28-35-13-12-34(27-39(35)51-40)36-9-6-17-55(30-36)49(62)43-29-38-37(31-56(43)32-58)8-5-11-44(38)68-26-25-67-24-23-66-22-21-65-20-19-64-18-16-33-7-4-10-41-46(33)54(3)50(63)57(41)42-14-15-45(59)52-47(42)60/h4-5,7-13,27-28,32,42-43,51H,6,14-26,29-31H2,1-3H3,(H,52,59,60). The Morgan fingerprint density at radius 2 is 1.57 bits per heavy atom. The first kappa shape index (κ1) is 47.9. The van der Waals surface area contributed by atoms with Crippen LogP contribution in [-0.2, 0) is 64.6 Å². The number of aromatic amines is 1. The Bertz CT molecular complexity index is 2750. The summed E-state index contributed by atoms with van der Waals surface area (Å²) in [5.41, 5.74) is 7.21. The molecule has 5 heterocycles. The van der Waals surface area contributed by atoms with Crippen molar-refractivity contribution in [3.8, 4) is 5.75 Å². The van der Waals surface area contributed by atoms with Gasteiger partial charge in [-0.15, -0.1) is 0 Å². The van der Waals surface area contributed by atoms with Crippen LogP contribution in [0.1, 0.15) is 58.0 Å². The van der Waals surface area contributed by atoms with Crippen LogP contribution in [0.4, 0.5) is 0 Å². The Labute approximate surface area is 393 Å². The fourth-order valence-electron chi connectivity index (χ4n) is 9.22. The number of imidazole rings is 1. The van der Waals surface area contributed by atoms with Gasteiger partial charge in [-0.2, -0.15) is 0 Å². The Balaban J connectivity index is 0.713. The third kappa shape index (κ3) is 10.7. The van der Waals surface area contributed by atoms with Crippen LogP contribution < -0.4 is 15.7 Å². The minimum Gasteiger partial charge on any atom is -0.491 e. The number of aryl methyl sites for hydroxylation is 1. The van der Waals surface area contributed by atoms with Crippen molar-refractivity contribution < 1.29 is 47.7 Å². The summed E-state index contributed by atoms with van der Waals surface area (Å²) in [4.78, 5) is 84.6. The van der Waals surface area contributed by atoms with Crippen molar-refractivity contribution in [3.63, 3.8) is 0 Å². The second kappa shape index (κ2) is 22.0.